The van der Waals surface area contributed by atoms with Crippen LogP contribution in [0.2, 0.25) is 0 Å². The smallest absolute Gasteiger partial charge is 0.222 e. The van der Waals surface area contributed by atoms with Gasteiger partial charge in [-0.05, 0) is 31.2 Å². The number of carbonyl (C=O) groups is 1. The largest absolute Gasteiger partial charge is 0.497 e. The predicted molar refractivity (Wildman–Crippen MR) is 84.5 cm³/mol. The van der Waals surface area contributed by atoms with E-state index in [9.17, 15) is 4.79 Å². The Labute approximate surface area is 127 Å². The van der Waals surface area contributed by atoms with Crippen LogP contribution in [0.3, 0.4) is 0 Å². The van der Waals surface area contributed by atoms with Crippen molar-refractivity contribution in [2.45, 2.75) is 32.2 Å². The molecule has 1 atom stereocenters. The Morgan fingerprint density at radius 2 is 2.19 bits per heavy atom. The van der Waals surface area contributed by atoms with Gasteiger partial charge >= 0.3 is 0 Å². The number of hydrogen-bond acceptors (Lipinski definition) is 3. The number of likely N-dealkylation sites (N-methyl/N-ethyl adjacent to an activating group) is 1. The van der Waals surface area contributed by atoms with E-state index in [0.717, 1.165) is 38.2 Å². The molecule has 21 heavy (non-hydrogen) atoms. The lowest BCUT2D eigenvalue weighted by Gasteiger charge is -2.40. The van der Waals surface area contributed by atoms with Crippen LogP contribution in [0.1, 0.15) is 37.8 Å². The number of nitrogens with zero attached hydrogens (tertiary/aromatic N) is 2. The minimum atomic E-state index is 0.249. The van der Waals surface area contributed by atoms with Crippen LogP contribution in [0.4, 0.5) is 0 Å². The fraction of sp³-hybridized carbons (Fsp3) is 0.588. The van der Waals surface area contributed by atoms with Crippen molar-refractivity contribution < 1.29 is 9.53 Å². The van der Waals surface area contributed by atoms with Gasteiger partial charge in [-0.1, -0.05) is 25.5 Å². The summed E-state index contributed by atoms with van der Waals surface area (Å²) in [5.41, 5.74) is 1.21. The highest BCUT2D eigenvalue weighted by atomic mass is 16.5. The molecule has 116 valence electrons. The maximum Gasteiger partial charge on any atom is 0.222 e. The van der Waals surface area contributed by atoms with E-state index in [2.05, 4.69) is 31.0 Å². The molecular formula is C17H26N2O2. The van der Waals surface area contributed by atoms with Gasteiger partial charge in [0.25, 0.3) is 0 Å². The molecule has 0 spiro atoms. The average molecular weight is 290 g/mol. The number of methoxy groups -OCH3 is 1. The van der Waals surface area contributed by atoms with Gasteiger partial charge in [-0.15, -0.1) is 0 Å². The Bertz CT molecular complexity index is 476. The molecule has 4 nitrogen and oxygen atoms in total. The van der Waals surface area contributed by atoms with Crippen LogP contribution < -0.4 is 4.74 Å². The van der Waals surface area contributed by atoms with E-state index in [1.807, 2.05) is 17.0 Å². The van der Waals surface area contributed by atoms with Crippen molar-refractivity contribution in [2.24, 2.45) is 0 Å². The number of amides is 1. The van der Waals surface area contributed by atoms with Crippen LogP contribution in [0.5, 0.6) is 5.75 Å². The molecule has 2 rings (SSSR count). The molecule has 0 radical (unpaired) electrons. The van der Waals surface area contributed by atoms with Crippen LogP contribution in [0, 0.1) is 0 Å². The number of rotatable bonds is 5. The summed E-state index contributed by atoms with van der Waals surface area (Å²) in [5, 5.41) is 0. The lowest BCUT2D eigenvalue weighted by atomic mass is 10.0. The summed E-state index contributed by atoms with van der Waals surface area (Å²) in [6, 6.07) is 8.40. The molecule has 1 aliphatic rings. The third kappa shape index (κ3) is 3.97. The molecule has 0 aliphatic carbocycles. The van der Waals surface area contributed by atoms with Gasteiger partial charge in [0.05, 0.1) is 13.2 Å². The molecule has 1 saturated heterocycles. The highest BCUT2D eigenvalue weighted by molar-refractivity contribution is 5.76. The molecule has 4 heteroatoms. The van der Waals surface area contributed by atoms with E-state index in [1.54, 1.807) is 7.11 Å². The lowest BCUT2D eigenvalue weighted by Crippen LogP contribution is -2.48. The molecule has 0 saturated carbocycles. The molecule has 1 amide bonds. The number of hydrogen-bond donors (Lipinski definition) is 0. The Morgan fingerprint density at radius 1 is 1.38 bits per heavy atom. The number of benzene rings is 1. The average Bonchev–Trinajstić information content (AvgIpc) is 2.53. The molecule has 1 unspecified atom stereocenters. The van der Waals surface area contributed by atoms with E-state index in [4.69, 9.17) is 4.74 Å². The summed E-state index contributed by atoms with van der Waals surface area (Å²) >= 11 is 0. The van der Waals surface area contributed by atoms with Gasteiger partial charge in [0.2, 0.25) is 5.91 Å². The van der Waals surface area contributed by atoms with Crippen molar-refractivity contribution in [2.75, 3.05) is 33.8 Å². The van der Waals surface area contributed by atoms with Crippen LogP contribution in [-0.2, 0) is 4.79 Å². The Kier molecular flexibility index (Phi) is 5.62. The molecule has 1 aliphatic heterocycles. The summed E-state index contributed by atoms with van der Waals surface area (Å²) in [7, 11) is 3.81. The quantitative estimate of drug-likeness (QED) is 0.836. The molecule has 1 aromatic rings. The first-order valence-electron chi connectivity index (χ1n) is 7.77. The van der Waals surface area contributed by atoms with E-state index < -0.39 is 0 Å². The molecule has 0 aromatic heterocycles. The zero-order valence-electron chi connectivity index (χ0n) is 13.3. The fourth-order valence-corrected chi connectivity index (χ4v) is 2.80. The number of ether oxygens (including phenoxy) is 1. The minimum Gasteiger partial charge on any atom is -0.497 e. The van der Waals surface area contributed by atoms with Crippen molar-refractivity contribution in [3.05, 3.63) is 29.8 Å². The molecule has 0 N–H and O–H groups in total. The molecule has 1 fully saturated rings. The van der Waals surface area contributed by atoms with Gasteiger partial charge in [-0.2, -0.15) is 0 Å². The first-order valence-corrected chi connectivity index (χ1v) is 7.77. The Hall–Kier alpha value is -1.55. The van der Waals surface area contributed by atoms with Crippen molar-refractivity contribution in [3.63, 3.8) is 0 Å². The minimum absolute atomic E-state index is 0.249. The maximum atomic E-state index is 12.2. The standard InChI is InChI=1S/C17H26N2O2/c1-4-5-9-17(20)19-11-10-18(2)16(13-19)14-7-6-8-15(12-14)21-3/h6-8,12,16H,4-5,9-11,13H2,1-3H3. The monoisotopic (exact) mass is 290 g/mol. The van der Waals surface area contributed by atoms with Crippen LogP contribution in [0.25, 0.3) is 0 Å². The second-order valence-corrected chi connectivity index (χ2v) is 5.72. The highest BCUT2D eigenvalue weighted by Gasteiger charge is 2.28. The van der Waals surface area contributed by atoms with E-state index in [-0.39, 0.29) is 11.9 Å². The van der Waals surface area contributed by atoms with Crippen LogP contribution >= 0.6 is 0 Å². The first kappa shape index (κ1) is 15.8. The number of piperazine rings is 1. The van der Waals surface area contributed by atoms with Crippen LogP contribution in [-0.4, -0.2) is 49.5 Å². The summed E-state index contributed by atoms with van der Waals surface area (Å²) in [6.07, 6.45) is 2.72. The van der Waals surface area contributed by atoms with Gasteiger partial charge in [-0.25, -0.2) is 0 Å². The van der Waals surface area contributed by atoms with Crippen LogP contribution in [0.15, 0.2) is 24.3 Å². The summed E-state index contributed by atoms with van der Waals surface area (Å²) in [6.45, 7) is 4.64. The third-order valence-electron chi connectivity index (χ3n) is 4.22. The second kappa shape index (κ2) is 7.46. The summed E-state index contributed by atoms with van der Waals surface area (Å²) in [4.78, 5) is 16.6. The number of carbonyl (C=O) groups excluding carboxylic acids is 1. The Morgan fingerprint density at radius 3 is 2.90 bits per heavy atom. The van der Waals surface area contributed by atoms with Crippen molar-refractivity contribution in [1.82, 2.24) is 9.80 Å². The van der Waals surface area contributed by atoms with Crippen molar-refractivity contribution >= 4 is 5.91 Å². The molecule has 0 bridgehead atoms. The number of unbranched alkanes of at least 4 members (excludes halogenated alkanes) is 1. The summed E-state index contributed by atoms with van der Waals surface area (Å²) in [5.74, 6) is 1.16. The maximum absolute atomic E-state index is 12.2. The van der Waals surface area contributed by atoms with Gasteiger partial charge < -0.3 is 9.64 Å². The zero-order chi connectivity index (χ0) is 15.2. The van der Waals surface area contributed by atoms with Crippen molar-refractivity contribution in [3.8, 4) is 5.75 Å². The highest BCUT2D eigenvalue weighted by Crippen LogP contribution is 2.27. The van der Waals surface area contributed by atoms with Gasteiger partial charge in [0.1, 0.15) is 5.75 Å². The predicted octanol–water partition coefficient (Wildman–Crippen LogP) is 2.70. The molecular weight excluding hydrogens is 264 g/mol. The van der Waals surface area contributed by atoms with E-state index in [0.29, 0.717) is 6.42 Å². The zero-order valence-corrected chi connectivity index (χ0v) is 13.3. The van der Waals surface area contributed by atoms with E-state index in [1.165, 1.54) is 5.56 Å². The van der Waals surface area contributed by atoms with Gasteiger partial charge in [-0.3, -0.25) is 9.69 Å². The molecule has 1 heterocycles. The third-order valence-corrected chi connectivity index (χ3v) is 4.22. The van der Waals surface area contributed by atoms with E-state index >= 15 is 0 Å². The van der Waals surface area contributed by atoms with Crippen molar-refractivity contribution in [1.29, 1.82) is 0 Å². The van der Waals surface area contributed by atoms with Gasteiger partial charge in [0.15, 0.2) is 0 Å². The normalized spacial score (nSPS) is 19.6. The summed E-state index contributed by atoms with van der Waals surface area (Å²) < 4.78 is 5.31. The SMILES string of the molecule is CCCCC(=O)N1CCN(C)C(c2cccc(OC)c2)C1. The Balaban J connectivity index is 2.08. The van der Waals surface area contributed by atoms with Gasteiger partial charge in [0, 0.05) is 26.1 Å². The second-order valence-electron chi connectivity index (χ2n) is 5.72. The topological polar surface area (TPSA) is 32.8 Å². The molecule has 1 aromatic carbocycles. The fourth-order valence-electron chi connectivity index (χ4n) is 2.80. The lowest BCUT2D eigenvalue weighted by molar-refractivity contribution is -0.134. The first-order chi connectivity index (χ1) is 10.2.